The van der Waals surface area contributed by atoms with Crippen molar-refractivity contribution in [1.82, 2.24) is 4.90 Å². The first-order valence-corrected chi connectivity index (χ1v) is 7.26. The summed E-state index contributed by atoms with van der Waals surface area (Å²) in [5.41, 5.74) is 0.0210. The Hall–Kier alpha value is -0.610. The highest BCUT2D eigenvalue weighted by Gasteiger charge is 2.43. The van der Waals surface area contributed by atoms with Crippen LogP contribution < -0.4 is 0 Å². The molecule has 0 N–H and O–H groups in total. The van der Waals surface area contributed by atoms with Gasteiger partial charge in [0.25, 0.3) is 0 Å². The van der Waals surface area contributed by atoms with E-state index < -0.39 is 0 Å². The van der Waals surface area contributed by atoms with Crippen molar-refractivity contribution in [2.24, 2.45) is 10.8 Å². The van der Waals surface area contributed by atoms with Crippen molar-refractivity contribution >= 4 is 5.91 Å². The Morgan fingerprint density at radius 1 is 1.37 bits per heavy atom. The van der Waals surface area contributed by atoms with Crippen molar-refractivity contribution in [3.8, 4) is 0 Å². The molecule has 2 aliphatic heterocycles. The van der Waals surface area contributed by atoms with E-state index in [4.69, 9.17) is 9.47 Å². The zero-order chi connectivity index (χ0) is 14.1. The quantitative estimate of drug-likeness (QED) is 0.770. The lowest BCUT2D eigenvalue weighted by Gasteiger charge is -2.40. The summed E-state index contributed by atoms with van der Waals surface area (Å²) >= 11 is 0. The zero-order valence-electron chi connectivity index (χ0n) is 12.7. The summed E-state index contributed by atoms with van der Waals surface area (Å²) in [4.78, 5) is 14.3. The predicted molar refractivity (Wildman–Crippen MR) is 73.9 cm³/mol. The van der Waals surface area contributed by atoms with Crippen molar-refractivity contribution in [3.05, 3.63) is 0 Å². The molecule has 0 aliphatic carbocycles. The maximum absolute atomic E-state index is 12.3. The molecule has 0 unspecified atom stereocenters. The standard InChI is InChI=1S/C15H27NO3/c1-14(2,3)13(17)16-7-5-15(6-8-16)9-12(10-18-4)19-11-15/h12H,5-11H2,1-4H3/t12-/m0/s1. The van der Waals surface area contributed by atoms with Gasteiger partial charge in [0.05, 0.1) is 19.3 Å². The van der Waals surface area contributed by atoms with Gasteiger partial charge in [-0.1, -0.05) is 20.8 Å². The van der Waals surface area contributed by atoms with Gasteiger partial charge in [-0.05, 0) is 24.7 Å². The molecule has 110 valence electrons. The first-order chi connectivity index (χ1) is 8.86. The van der Waals surface area contributed by atoms with Gasteiger partial charge in [-0.25, -0.2) is 0 Å². The summed E-state index contributed by atoms with van der Waals surface area (Å²) in [5.74, 6) is 0.273. The number of rotatable bonds is 2. The lowest BCUT2D eigenvalue weighted by molar-refractivity contribution is -0.141. The number of hydrogen-bond donors (Lipinski definition) is 0. The molecule has 4 heteroatoms. The highest BCUT2D eigenvalue weighted by atomic mass is 16.5. The van der Waals surface area contributed by atoms with Crippen LogP contribution >= 0.6 is 0 Å². The fourth-order valence-corrected chi connectivity index (χ4v) is 3.20. The normalized spacial score (nSPS) is 26.9. The van der Waals surface area contributed by atoms with Crippen molar-refractivity contribution < 1.29 is 14.3 Å². The highest BCUT2D eigenvalue weighted by molar-refractivity contribution is 5.81. The second-order valence-electron chi connectivity index (χ2n) is 7.13. The average Bonchev–Trinajstić information content (AvgIpc) is 2.72. The second kappa shape index (κ2) is 5.41. The molecule has 1 atom stereocenters. The topological polar surface area (TPSA) is 38.8 Å². The van der Waals surface area contributed by atoms with Crippen LogP contribution in [0.1, 0.15) is 40.0 Å². The maximum Gasteiger partial charge on any atom is 0.227 e. The van der Waals surface area contributed by atoms with E-state index in [-0.39, 0.29) is 22.8 Å². The summed E-state index contributed by atoms with van der Waals surface area (Å²) in [5, 5.41) is 0. The molecule has 19 heavy (non-hydrogen) atoms. The third kappa shape index (κ3) is 3.29. The summed E-state index contributed by atoms with van der Waals surface area (Å²) in [7, 11) is 1.72. The first kappa shape index (κ1) is 14.8. The highest BCUT2D eigenvalue weighted by Crippen LogP contribution is 2.42. The first-order valence-electron chi connectivity index (χ1n) is 7.26. The van der Waals surface area contributed by atoms with Gasteiger partial charge < -0.3 is 14.4 Å². The predicted octanol–water partition coefficient (Wildman–Crippen LogP) is 2.08. The minimum atomic E-state index is -0.269. The Balaban J connectivity index is 1.88. The van der Waals surface area contributed by atoms with Crippen molar-refractivity contribution in [2.75, 3.05) is 33.4 Å². The van der Waals surface area contributed by atoms with E-state index in [0.717, 1.165) is 39.0 Å². The number of amides is 1. The Bertz CT molecular complexity index is 327. The van der Waals surface area contributed by atoms with Crippen LogP contribution in [0.25, 0.3) is 0 Å². The Labute approximate surface area is 116 Å². The van der Waals surface area contributed by atoms with Crippen LogP contribution in [0.4, 0.5) is 0 Å². The molecule has 2 saturated heterocycles. The monoisotopic (exact) mass is 269 g/mol. The van der Waals surface area contributed by atoms with Gasteiger partial charge in [-0.3, -0.25) is 4.79 Å². The molecule has 2 heterocycles. The van der Waals surface area contributed by atoms with Crippen molar-refractivity contribution in [1.29, 1.82) is 0 Å². The number of likely N-dealkylation sites (tertiary alicyclic amines) is 1. The third-order valence-electron chi connectivity index (χ3n) is 4.39. The molecule has 2 fully saturated rings. The smallest absolute Gasteiger partial charge is 0.227 e. The fourth-order valence-electron chi connectivity index (χ4n) is 3.20. The second-order valence-corrected chi connectivity index (χ2v) is 7.13. The van der Waals surface area contributed by atoms with E-state index in [1.54, 1.807) is 7.11 Å². The van der Waals surface area contributed by atoms with E-state index in [0.29, 0.717) is 6.61 Å². The van der Waals surface area contributed by atoms with Crippen LogP contribution in [-0.4, -0.2) is 50.3 Å². The summed E-state index contributed by atoms with van der Waals surface area (Å²) in [6, 6.07) is 0. The molecule has 0 aromatic heterocycles. The lowest BCUT2D eigenvalue weighted by Crippen LogP contribution is -2.47. The van der Waals surface area contributed by atoms with Crippen LogP contribution in [0, 0.1) is 10.8 Å². The maximum atomic E-state index is 12.3. The van der Waals surface area contributed by atoms with Crippen molar-refractivity contribution in [2.45, 2.75) is 46.1 Å². The van der Waals surface area contributed by atoms with E-state index in [1.165, 1.54) is 0 Å². The van der Waals surface area contributed by atoms with Crippen LogP contribution in [0.15, 0.2) is 0 Å². The summed E-state index contributed by atoms with van der Waals surface area (Å²) < 4.78 is 11.0. The zero-order valence-corrected chi connectivity index (χ0v) is 12.7. The number of ether oxygens (including phenoxy) is 2. The van der Waals surface area contributed by atoms with E-state index in [2.05, 4.69) is 0 Å². The van der Waals surface area contributed by atoms with Gasteiger partial charge in [0, 0.05) is 25.6 Å². The summed E-state index contributed by atoms with van der Waals surface area (Å²) in [6.45, 7) is 9.25. The molecule has 0 bridgehead atoms. The molecule has 2 rings (SSSR count). The van der Waals surface area contributed by atoms with Gasteiger partial charge in [-0.15, -0.1) is 0 Å². The number of carbonyl (C=O) groups is 1. The number of hydrogen-bond acceptors (Lipinski definition) is 3. The Kier molecular flexibility index (Phi) is 4.21. The van der Waals surface area contributed by atoms with Gasteiger partial charge in [0.15, 0.2) is 0 Å². The third-order valence-corrected chi connectivity index (χ3v) is 4.39. The van der Waals surface area contributed by atoms with E-state index in [1.807, 2.05) is 25.7 Å². The summed E-state index contributed by atoms with van der Waals surface area (Å²) in [6.07, 6.45) is 3.46. The van der Waals surface area contributed by atoms with E-state index in [9.17, 15) is 4.79 Å². The molecule has 0 radical (unpaired) electrons. The van der Waals surface area contributed by atoms with Crippen LogP contribution in [0.3, 0.4) is 0 Å². The van der Waals surface area contributed by atoms with Gasteiger partial charge >= 0.3 is 0 Å². The molecule has 0 saturated carbocycles. The minimum Gasteiger partial charge on any atom is -0.382 e. The minimum absolute atomic E-state index is 0.245. The molecular formula is C15H27NO3. The van der Waals surface area contributed by atoms with Gasteiger partial charge in [0.2, 0.25) is 5.91 Å². The average molecular weight is 269 g/mol. The number of carbonyl (C=O) groups excluding carboxylic acids is 1. The lowest BCUT2D eigenvalue weighted by atomic mass is 9.76. The Morgan fingerprint density at radius 2 is 2.00 bits per heavy atom. The molecule has 2 aliphatic rings. The van der Waals surface area contributed by atoms with Gasteiger partial charge in [0.1, 0.15) is 0 Å². The number of piperidine rings is 1. The van der Waals surface area contributed by atoms with Crippen LogP contribution in [-0.2, 0) is 14.3 Å². The molecule has 0 aromatic carbocycles. The SMILES string of the molecule is COC[C@@H]1CC2(CCN(C(=O)C(C)(C)C)CC2)CO1. The Morgan fingerprint density at radius 3 is 2.53 bits per heavy atom. The number of methoxy groups -OCH3 is 1. The molecule has 0 aromatic rings. The van der Waals surface area contributed by atoms with Crippen LogP contribution in [0.5, 0.6) is 0 Å². The molecule has 4 nitrogen and oxygen atoms in total. The molecule has 1 spiro atoms. The van der Waals surface area contributed by atoms with E-state index >= 15 is 0 Å². The largest absolute Gasteiger partial charge is 0.382 e. The van der Waals surface area contributed by atoms with Crippen molar-refractivity contribution in [3.63, 3.8) is 0 Å². The molecular weight excluding hydrogens is 242 g/mol. The van der Waals surface area contributed by atoms with Crippen LogP contribution in [0.2, 0.25) is 0 Å². The molecule has 1 amide bonds. The van der Waals surface area contributed by atoms with Gasteiger partial charge in [-0.2, -0.15) is 0 Å². The fraction of sp³-hybridized carbons (Fsp3) is 0.933. The number of nitrogens with zero attached hydrogens (tertiary/aromatic N) is 1.